The van der Waals surface area contributed by atoms with E-state index in [2.05, 4.69) is 29.4 Å². The first kappa shape index (κ1) is 11.7. The van der Waals surface area contributed by atoms with Gasteiger partial charge in [-0.3, -0.25) is 9.36 Å². The number of nitrogens with one attached hydrogen (secondary N) is 1. The van der Waals surface area contributed by atoms with Gasteiger partial charge in [-0.05, 0) is 19.4 Å². The smallest absolute Gasteiger partial charge is 0.148 e. The highest BCUT2D eigenvalue weighted by Gasteiger charge is 2.04. The van der Waals surface area contributed by atoms with Crippen LogP contribution in [0.25, 0.3) is 0 Å². The summed E-state index contributed by atoms with van der Waals surface area (Å²) in [7, 11) is 1.94. The maximum Gasteiger partial charge on any atom is 0.148 e. The molecule has 0 amide bonds. The highest BCUT2D eigenvalue weighted by Crippen LogP contribution is 2.12. The van der Waals surface area contributed by atoms with E-state index < -0.39 is 0 Å². The molecule has 5 nitrogen and oxygen atoms in total. The molecule has 0 fully saturated rings. The van der Waals surface area contributed by atoms with Gasteiger partial charge in [-0.15, -0.1) is 0 Å². The lowest BCUT2D eigenvalue weighted by atomic mass is 10.3. The van der Waals surface area contributed by atoms with Crippen molar-refractivity contribution >= 4 is 5.82 Å². The molecule has 2 rings (SSSR count). The summed E-state index contributed by atoms with van der Waals surface area (Å²) in [5, 5.41) is 11.9. The summed E-state index contributed by atoms with van der Waals surface area (Å²) in [6, 6.07) is 4.45. The highest BCUT2D eigenvalue weighted by molar-refractivity contribution is 5.32. The Bertz CT molecular complexity index is 471. The Morgan fingerprint density at radius 2 is 2.24 bits per heavy atom. The fourth-order valence-electron chi connectivity index (χ4n) is 1.62. The third-order valence-electron chi connectivity index (χ3n) is 3.02. The van der Waals surface area contributed by atoms with Crippen LogP contribution in [-0.2, 0) is 13.6 Å². The van der Waals surface area contributed by atoms with Crippen LogP contribution in [0.15, 0.2) is 24.5 Å². The van der Waals surface area contributed by atoms with Gasteiger partial charge in [0.05, 0.1) is 12.2 Å². The second-order valence-electron chi connectivity index (χ2n) is 4.24. The van der Waals surface area contributed by atoms with Crippen LogP contribution in [0.5, 0.6) is 0 Å². The first-order valence-electron chi connectivity index (χ1n) is 5.96. The molecule has 17 heavy (non-hydrogen) atoms. The molecule has 1 atom stereocenters. The summed E-state index contributed by atoms with van der Waals surface area (Å²) in [6.45, 7) is 5.07. The van der Waals surface area contributed by atoms with Gasteiger partial charge in [-0.25, -0.2) is 0 Å². The lowest BCUT2D eigenvalue weighted by molar-refractivity contribution is 0.479. The Hall–Kier alpha value is -1.78. The fourth-order valence-corrected chi connectivity index (χ4v) is 1.62. The van der Waals surface area contributed by atoms with Gasteiger partial charge in [0.1, 0.15) is 5.82 Å². The van der Waals surface area contributed by atoms with Crippen molar-refractivity contribution in [3.63, 3.8) is 0 Å². The minimum absolute atomic E-state index is 0.447. The van der Waals surface area contributed by atoms with Crippen LogP contribution >= 0.6 is 0 Å². The molecule has 0 aliphatic heterocycles. The van der Waals surface area contributed by atoms with Gasteiger partial charge >= 0.3 is 0 Å². The largest absolute Gasteiger partial charge is 0.363 e. The molecule has 2 aromatic heterocycles. The standard InChI is InChI=1S/C12H19N5/c1-4-10(2)17-8-6-12(15-17)13-9-11-5-7-14-16(11)3/h5-8,10H,4,9H2,1-3H3,(H,13,15)/t10-/m0/s1. The molecule has 0 saturated carbocycles. The van der Waals surface area contributed by atoms with E-state index in [0.717, 1.165) is 24.5 Å². The van der Waals surface area contributed by atoms with Gasteiger partial charge in [0, 0.05) is 31.5 Å². The third-order valence-corrected chi connectivity index (χ3v) is 3.02. The van der Waals surface area contributed by atoms with Gasteiger partial charge < -0.3 is 5.32 Å². The minimum Gasteiger partial charge on any atom is -0.363 e. The molecule has 0 aromatic carbocycles. The maximum absolute atomic E-state index is 4.49. The molecule has 2 aromatic rings. The Labute approximate surface area is 101 Å². The molecule has 0 bridgehead atoms. The molecule has 0 spiro atoms. The number of rotatable bonds is 5. The zero-order valence-electron chi connectivity index (χ0n) is 10.6. The Morgan fingerprint density at radius 1 is 1.41 bits per heavy atom. The van der Waals surface area contributed by atoms with Gasteiger partial charge in [0.15, 0.2) is 0 Å². The number of anilines is 1. The van der Waals surface area contributed by atoms with Crippen molar-refractivity contribution in [3.05, 3.63) is 30.2 Å². The molecule has 5 heteroatoms. The Kier molecular flexibility index (Phi) is 3.46. The maximum atomic E-state index is 4.49. The lowest BCUT2D eigenvalue weighted by Gasteiger charge is -2.08. The molecule has 0 saturated heterocycles. The van der Waals surface area contributed by atoms with Crippen LogP contribution in [0, 0.1) is 0 Å². The topological polar surface area (TPSA) is 47.7 Å². The Morgan fingerprint density at radius 3 is 2.88 bits per heavy atom. The van der Waals surface area contributed by atoms with E-state index in [1.165, 1.54) is 0 Å². The molecule has 0 radical (unpaired) electrons. The van der Waals surface area contributed by atoms with Crippen molar-refractivity contribution in [1.82, 2.24) is 19.6 Å². The summed E-state index contributed by atoms with van der Waals surface area (Å²) in [6.07, 6.45) is 4.90. The summed E-state index contributed by atoms with van der Waals surface area (Å²) in [4.78, 5) is 0. The summed E-state index contributed by atoms with van der Waals surface area (Å²) in [5.74, 6) is 0.909. The summed E-state index contributed by atoms with van der Waals surface area (Å²) < 4.78 is 3.85. The van der Waals surface area contributed by atoms with Crippen molar-refractivity contribution in [2.24, 2.45) is 7.05 Å². The number of hydrogen-bond acceptors (Lipinski definition) is 3. The number of nitrogens with zero attached hydrogens (tertiary/aromatic N) is 4. The number of aryl methyl sites for hydroxylation is 1. The van der Waals surface area contributed by atoms with Crippen molar-refractivity contribution < 1.29 is 0 Å². The fraction of sp³-hybridized carbons (Fsp3) is 0.500. The van der Waals surface area contributed by atoms with Gasteiger partial charge in [0.2, 0.25) is 0 Å². The minimum atomic E-state index is 0.447. The van der Waals surface area contributed by atoms with Crippen LogP contribution < -0.4 is 5.32 Å². The molecule has 1 N–H and O–H groups in total. The van der Waals surface area contributed by atoms with E-state index in [-0.39, 0.29) is 0 Å². The zero-order valence-corrected chi connectivity index (χ0v) is 10.6. The Balaban J connectivity index is 1.96. The van der Waals surface area contributed by atoms with Gasteiger partial charge in [0.25, 0.3) is 0 Å². The van der Waals surface area contributed by atoms with E-state index in [1.54, 1.807) is 6.20 Å². The number of aromatic nitrogens is 4. The van der Waals surface area contributed by atoms with Crippen LogP contribution in [-0.4, -0.2) is 19.6 Å². The van der Waals surface area contributed by atoms with E-state index in [9.17, 15) is 0 Å². The highest BCUT2D eigenvalue weighted by atomic mass is 15.3. The normalized spacial score (nSPS) is 12.6. The van der Waals surface area contributed by atoms with Crippen LogP contribution in [0.3, 0.4) is 0 Å². The average molecular weight is 233 g/mol. The van der Waals surface area contributed by atoms with E-state index in [0.29, 0.717) is 6.04 Å². The van der Waals surface area contributed by atoms with Crippen molar-refractivity contribution in [2.75, 3.05) is 5.32 Å². The molecule has 0 unspecified atom stereocenters. The third kappa shape index (κ3) is 2.67. The molecular weight excluding hydrogens is 214 g/mol. The van der Waals surface area contributed by atoms with E-state index >= 15 is 0 Å². The van der Waals surface area contributed by atoms with Gasteiger partial charge in [-0.1, -0.05) is 6.92 Å². The first-order chi connectivity index (χ1) is 8.20. The quantitative estimate of drug-likeness (QED) is 0.861. The predicted molar refractivity (Wildman–Crippen MR) is 67.8 cm³/mol. The van der Waals surface area contributed by atoms with Crippen molar-refractivity contribution in [2.45, 2.75) is 32.9 Å². The van der Waals surface area contributed by atoms with E-state index in [1.807, 2.05) is 34.7 Å². The monoisotopic (exact) mass is 233 g/mol. The van der Waals surface area contributed by atoms with Crippen LogP contribution in [0.2, 0.25) is 0 Å². The molecule has 92 valence electrons. The lowest BCUT2D eigenvalue weighted by Crippen LogP contribution is -2.08. The molecule has 0 aliphatic rings. The second-order valence-corrected chi connectivity index (χ2v) is 4.24. The number of hydrogen-bond donors (Lipinski definition) is 1. The summed E-state index contributed by atoms with van der Waals surface area (Å²) in [5.41, 5.74) is 1.14. The second kappa shape index (κ2) is 5.03. The first-order valence-corrected chi connectivity index (χ1v) is 5.96. The molecule has 2 heterocycles. The predicted octanol–water partition coefficient (Wildman–Crippen LogP) is 2.20. The molecule has 0 aliphatic carbocycles. The van der Waals surface area contributed by atoms with E-state index in [4.69, 9.17) is 0 Å². The average Bonchev–Trinajstić information content (AvgIpc) is 2.94. The van der Waals surface area contributed by atoms with Crippen molar-refractivity contribution in [1.29, 1.82) is 0 Å². The van der Waals surface area contributed by atoms with Crippen LogP contribution in [0.4, 0.5) is 5.82 Å². The van der Waals surface area contributed by atoms with Crippen LogP contribution in [0.1, 0.15) is 32.0 Å². The summed E-state index contributed by atoms with van der Waals surface area (Å²) >= 11 is 0. The zero-order chi connectivity index (χ0) is 12.3. The van der Waals surface area contributed by atoms with Gasteiger partial charge in [-0.2, -0.15) is 10.2 Å². The SMILES string of the molecule is CC[C@H](C)n1ccc(NCc2ccnn2C)n1. The van der Waals surface area contributed by atoms with Crippen molar-refractivity contribution in [3.8, 4) is 0 Å². The molecular formula is C12H19N5.